The molecule has 0 saturated carbocycles. The molecule has 1 unspecified atom stereocenters. The van der Waals surface area contributed by atoms with E-state index in [0.29, 0.717) is 31.7 Å². The Hall–Kier alpha value is -2.59. The zero-order chi connectivity index (χ0) is 19.4. The van der Waals surface area contributed by atoms with Gasteiger partial charge in [-0.3, -0.25) is 14.5 Å². The predicted molar refractivity (Wildman–Crippen MR) is 103 cm³/mol. The lowest BCUT2D eigenvalue weighted by molar-refractivity contribution is -0.142. The first-order valence-electron chi connectivity index (χ1n) is 9.53. The third-order valence-corrected chi connectivity index (χ3v) is 5.62. The molecule has 7 heteroatoms. The van der Waals surface area contributed by atoms with Crippen LogP contribution in [0.1, 0.15) is 19.4 Å². The number of hydrogen-bond acceptors (Lipinski definition) is 5. The van der Waals surface area contributed by atoms with Crippen LogP contribution in [0.3, 0.4) is 0 Å². The van der Waals surface area contributed by atoms with Gasteiger partial charge in [0, 0.05) is 59.3 Å². The van der Waals surface area contributed by atoms with Crippen LogP contribution in [0.5, 0.6) is 0 Å². The van der Waals surface area contributed by atoms with E-state index >= 15 is 0 Å². The van der Waals surface area contributed by atoms with Crippen molar-refractivity contribution in [3.8, 4) is 6.07 Å². The van der Waals surface area contributed by atoms with Crippen molar-refractivity contribution in [2.45, 2.75) is 19.9 Å². The van der Waals surface area contributed by atoms with E-state index in [2.05, 4.69) is 15.9 Å². The lowest BCUT2D eigenvalue weighted by Crippen LogP contribution is -2.57. The molecule has 3 rings (SSSR count). The van der Waals surface area contributed by atoms with E-state index in [1.54, 1.807) is 11.8 Å². The molecule has 0 spiro atoms. The molecule has 0 aromatic heterocycles. The number of benzene rings is 1. The fraction of sp³-hybridized carbons (Fsp3) is 0.550. The molecule has 2 fully saturated rings. The summed E-state index contributed by atoms with van der Waals surface area (Å²) in [7, 11) is 0. The maximum Gasteiger partial charge on any atom is 0.239 e. The molecule has 27 heavy (non-hydrogen) atoms. The highest BCUT2D eigenvalue weighted by molar-refractivity contribution is 5.82. The van der Waals surface area contributed by atoms with Gasteiger partial charge in [-0.25, -0.2) is 0 Å². The molecule has 0 bridgehead atoms. The van der Waals surface area contributed by atoms with E-state index in [0.717, 1.165) is 31.9 Å². The zero-order valence-electron chi connectivity index (χ0n) is 16.1. The number of carbonyl (C=O) groups excluding carboxylic acids is 2. The molecular weight excluding hydrogens is 342 g/mol. The molecule has 1 aromatic rings. The van der Waals surface area contributed by atoms with Gasteiger partial charge in [0.15, 0.2) is 0 Å². The molecule has 7 nitrogen and oxygen atoms in total. The molecule has 1 aromatic carbocycles. The van der Waals surface area contributed by atoms with E-state index in [9.17, 15) is 14.9 Å². The predicted octanol–water partition coefficient (Wildman–Crippen LogP) is 0.759. The van der Waals surface area contributed by atoms with Crippen LogP contribution in [-0.2, 0) is 9.59 Å². The molecule has 2 saturated heterocycles. The Labute approximate surface area is 160 Å². The topological polar surface area (TPSA) is 70.9 Å². The van der Waals surface area contributed by atoms with E-state index in [4.69, 9.17) is 0 Å². The maximum atomic E-state index is 12.8. The Kier molecular flexibility index (Phi) is 5.97. The first-order valence-corrected chi connectivity index (χ1v) is 9.53. The second kappa shape index (κ2) is 8.40. The first-order chi connectivity index (χ1) is 13.0. The Balaban J connectivity index is 1.54. The monoisotopic (exact) mass is 369 g/mol. The molecule has 2 aliphatic rings. The molecule has 2 heterocycles. The summed E-state index contributed by atoms with van der Waals surface area (Å²) in [5, 5.41) is 9.30. The molecule has 2 aliphatic heterocycles. The van der Waals surface area contributed by atoms with Crippen LogP contribution in [0.25, 0.3) is 0 Å². The van der Waals surface area contributed by atoms with Crippen molar-refractivity contribution in [2.75, 3.05) is 57.3 Å². The maximum absolute atomic E-state index is 12.8. The quantitative estimate of drug-likeness (QED) is 0.787. The average Bonchev–Trinajstić information content (AvgIpc) is 2.72. The number of para-hydroxylation sites is 1. The van der Waals surface area contributed by atoms with Crippen LogP contribution in [0, 0.1) is 11.3 Å². The van der Waals surface area contributed by atoms with Gasteiger partial charge >= 0.3 is 0 Å². The van der Waals surface area contributed by atoms with Gasteiger partial charge in [-0.15, -0.1) is 0 Å². The Morgan fingerprint density at radius 1 is 0.963 bits per heavy atom. The van der Waals surface area contributed by atoms with Crippen LogP contribution >= 0.6 is 0 Å². The molecule has 1 atom stereocenters. The minimum atomic E-state index is -0.165. The van der Waals surface area contributed by atoms with Crippen molar-refractivity contribution >= 4 is 17.5 Å². The van der Waals surface area contributed by atoms with Crippen molar-refractivity contribution in [3.63, 3.8) is 0 Å². The molecular formula is C20H27N5O2. The van der Waals surface area contributed by atoms with E-state index in [1.165, 1.54) is 0 Å². The number of nitrogens with zero attached hydrogens (tertiary/aromatic N) is 5. The number of hydrogen-bond donors (Lipinski definition) is 0. The normalized spacial score (nSPS) is 19.5. The minimum Gasteiger partial charge on any atom is -0.368 e. The molecule has 0 N–H and O–H groups in total. The Bertz CT molecular complexity index is 728. The van der Waals surface area contributed by atoms with Crippen molar-refractivity contribution in [1.29, 1.82) is 5.26 Å². The summed E-state index contributed by atoms with van der Waals surface area (Å²) < 4.78 is 0. The summed E-state index contributed by atoms with van der Waals surface area (Å²) in [6.45, 7) is 9.18. The largest absolute Gasteiger partial charge is 0.368 e. The van der Waals surface area contributed by atoms with Gasteiger partial charge < -0.3 is 14.7 Å². The molecule has 0 radical (unpaired) electrons. The van der Waals surface area contributed by atoms with Gasteiger partial charge in [0.05, 0.1) is 17.3 Å². The zero-order valence-corrected chi connectivity index (χ0v) is 16.1. The minimum absolute atomic E-state index is 0.0731. The van der Waals surface area contributed by atoms with Gasteiger partial charge in [-0.05, 0) is 19.1 Å². The van der Waals surface area contributed by atoms with E-state index in [1.807, 2.05) is 36.1 Å². The van der Waals surface area contributed by atoms with Crippen molar-refractivity contribution in [3.05, 3.63) is 29.8 Å². The summed E-state index contributed by atoms with van der Waals surface area (Å²) in [5.74, 6) is 0.216. The van der Waals surface area contributed by atoms with Crippen molar-refractivity contribution < 1.29 is 9.59 Å². The lowest BCUT2D eigenvalue weighted by Gasteiger charge is -2.41. The van der Waals surface area contributed by atoms with Gasteiger partial charge in [0.25, 0.3) is 0 Å². The van der Waals surface area contributed by atoms with Crippen molar-refractivity contribution in [2.24, 2.45) is 0 Å². The summed E-state index contributed by atoms with van der Waals surface area (Å²) in [6.07, 6.45) is 0. The second-order valence-corrected chi connectivity index (χ2v) is 7.16. The highest BCUT2D eigenvalue weighted by Gasteiger charge is 2.31. The van der Waals surface area contributed by atoms with Crippen LogP contribution < -0.4 is 4.90 Å². The highest BCUT2D eigenvalue weighted by Crippen LogP contribution is 2.22. The van der Waals surface area contributed by atoms with Crippen molar-refractivity contribution in [1.82, 2.24) is 14.7 Å². The van der Waals surface area contributed by atoms with Crippen LogP contribution in [0.15, 0.2) is 24.3 Å². The lowest BCUT2D eigenvalue weighted by atomic mass is 10.1. The summed E-state index contributed by atoms with van der Waals surface area (Å²) >= 11 is 0. The fourth-order valence-electron chi connectivity index (χ4n) is 3.86. The molecule has 2 amide bonds. The third kappa shape index (κ3) is 4.22. The number of nitriles is 1. The molecule has 144 valence electrons. The number of rotatable bonds is 3. The van der Waals surface area contributed by atoms with E-state index < -0.39 is 0 Å². The SMILES string of the molecule is CC(=O)N1CCN(C(=O)C(C)N2CCN(c3ccccc3C#N)CC2)CC1. The second-order valence-electron chi connectivity index (χ2n) is 7.16. The fourth-order valence-corrected chi connectivity index (χ4v) is 3.86. The van der Waals surface area contributed by atoms with Gasteiger partial charge in [0.1, 0.15) is 6.07 Å². The van der Waals surface area contributed by atoms with Crippen LogP contribution in [-0.4, -0.2) is 84.9 Å². The number of amides is 2. The molecule has 0 aliphatic carbocycles. The summed E-state index contributed by atoms with van der Waals surface area (Å²) in [4.78, 5) is 32.4. The van der Waals surface area contributed by atoms with Crippen LogP contribution in [0.4, 0.5) is 5.69 Å². The van der Waals surface area contributed by atoms with Gasteiger partial charge in [-0.1, -0.05) is 12.1 Å². The smallest absolute Gasteiger partial charge is 0.239 e. The summed E-state index contributed by atoms with van der Waals surface area (Å²) in [5.41, 5.74) is 1.66. The van der Waals surface area contributed by atoms with Gasteiger partial charge in [0.2, 0.25) is 11.8 Å². The number of carbonyl (C=O) groups is 2. The van der Waals surface area contributed by atoms with E-state index in [-0.39, 0.29) is 17.9 Å². The number of piperazine rings is 2. The van der Waals surface area contributed by atoms with Crippen LogP contribution in [0.2, 0.25) is 0 Å². The summed E-state index contributed by atoms with van der Waals surface area (Å²) in [6, 6.07) is 9.75. The first kappa shape index (κ1) is 19.2. The van der Waals surface area contributed by atoms with Gasteiger partial charge in [-0.2, -0.15) is 5.26 Å². The Morgan fingerprint density at radius 3 is 2.15 bits per heavy atom. The standard InChI is InChI=1S/C20H27N5O2/c1-16(20(27)25-13-9-23(10-14-25)17(2)26)22-7-11-24(12-8-22)19-6-4-3-5-18(19)15-21/h3-6,16H,7-14H2,1-2H3. The third-order valence-electron chi connectivity index (χ3n) is 5.62. The Morgan fingerprint density at radius 2 is 1.56 bits per heavy atom. The highest BCUT2D eigenvalue weighted by atomic mass is 16.2. The average molecular weight is 369 g/mol. The number of anilines is 1.